The fourth-order valence-electron chi connectivity index (χ4n) is 1.41. The maximum atomic E-state index is 4.22. The van der Waals surface area contributed by atoms with Gasteiger partial charge in [-0.25, -0.2) is 4.98 Å². The Hall–Kier alpha value is -1.45. The Labute approximate surface area is 71.3 Å². The molecular formula is C8H12N4. The second-order valence-corrected chi connectivity index (χ2v) is 2.87. The normalized spacial score (nSPS) is 15.3. The molecule has 0 amide bonds. The van der Waals surface area contributed by atoms with Crippen molar-refractivity contribution in [3.8, 4) is 0 Å². The molecule has 2 N–H and O–H groups in total. The zero-order valence-electron chi connectivity index (χ0n) is 7.26. The first-order valence-electron chi connectivity index (χ1n) is 3.98. The molecule has 1 aromatic heterocycles. The van der Waals surface area contributed by atoms with Gasteiger partial charge in [-0.05, 0) is 13.8 Å². The zero-order valence-corrected chi connectivity index (χ0v) is 7.26. The predicted octanol–water partition coefficient (Wildman–Crippen LogP) is 0.406. The number of aryl methyl sites for hydroxylation is 2. The summed E-state index contributed by atoms with van der Waals surface area (Å²) in [5, 5.41) is 6.31. The molecule has 0 saturated heterocycles. The van der Waals surface area contributed by atoms with Gasteiger partial charge in [0.25, 0.3) is 0 Å². The van der Waals surface area contributed by atoms with Gasteiger partial charge in [0.2, 0.25) is 0 Å². The molecule has 2 heterocycles. The van der Waals surface area contributed by atoms with Gasteiger partial charge in [0.05, 0.1) is 6.67 Å². The highest BCUT2D eigenvalue weighted by Crippen LogP contribution is 2.10. The lowest BCUT2D eigenvalue weighted by Gasteiger charge is -2.07. The summed E-state index contributed by atoms with van der Waals surface area (Å²) >= 11 is 0. The number of imidazole rings is 1. The molecule has 4 heteroatoms. The molecule has 0 unspecified atom stereocenters. The van der Waals surface area contributed by atoms with Crippen molar-refractivity contribution in [2.45, 2.75) is 13.8 Å². The Morgan fingerprint density at radius 2 is 2.33 bits per heavy atom. The van der Waals surface area contributed by atoms with Crippen molar-refractivity contribution in [2.75, 3.05) is 6.67 Å². The zero-order chi connectivity index (χ0) is 8.55. The summed E-state index contributed by atoms with van der Waals surface area (Å²) in [5.41, 5.74) is 1.15. The molecule has 0 atom stereocenters. The average Bonchev–Trinajstić information content (AvgIpc) is 2.61. The van der Waals surface area contributed by atoms with Gasteiger partial charge in [-0.2, -0.15) is 0 Å². The van der Waals surface area contributed by atoms with Crippen LogP contribution in [0, 0.1) is 13.8 Å². The quantitative estimate of drug-likeness (QED) is 0.631. The summed E-state index contributed by atoms with van der Waals surface area (Å²) in [6.07, 6.45) is 3.83. The lowest BCUT2D eigenvalue weighted by atomic mass is 10.5. The summed E-state index contributed by atoms with van der Waals surface area (Å²) in [6.45, 7) is 4.83. The highest BCUT2D eigenvalue weighted by Gasteiger charge is 2.09. The lowest BCUT2D eigenvalue weighted by Crippen LogP contribution is -2.17. The van der Waals surface area contributed by atoms with Gasteiger partial charge in [0.15, 0.2) is 0 Å². The third-order valence-electron chi connectivity index (χ3n) is 1.97. The van der Waals surface area contributed by atoms with Crippen LogP contribution in [0.2, 0.25) is 0 Å². The van der Waals surface area contributed by atoms with E-state index in [2.05, 4.69) is 20.2 Å². The van der Waals surface area contributed by atoms with E-state index in [-0.39, 0.29) is 0 Å². The minimum absolute atomic E-state index is 0.798. The predicted molar refractivity (Wildman–Crippen MR) is 47.1 cm³/mol. The Morgan fingerprint density at radius 1 is 1.50 bits per heavy atom. The van der Waals surface area contributed by atoms with E-state index >= 15 is 0 Å². The molecule has 4 nitrogen and oxygen atoms in total. The van der Waals surface area contributed by atoms with Gasteiger partial charge in [-0.3, -0.25) is 4.57 Å². The Bertz CT molecular complexity index is 304. The Morgan fingerprint density at radius 3 is 2.83 bits per heavy atom. The van der Waals surface area contributed by atoms with Crippen molar-refractivity contribution in [3.05, 3.63) is 23.9 Å². The number of nitrogens with zero attached hydrogens (tertiary/aromatic N) is 2. The Balaban J connectivity index is 2.44. The standard InChI is InChI=1S/C8H12N4/c1-6-3-10-7(2)12(6)8-4-9-5-11-8/h3-4,9,11H,5H2,1-2H3. The fourth-order valence-corrected chi connectivity index (χ4v) is 1.41. The van der Waals surface area contributed by atoms with Crippen LogP contribution in [0.4, 0.5) is 0 Å². The lowest BCUT2D eigenvalue weighted by molar-refractivity contribution is 0.806. The molecule has 1 aliphatic rings. The SMILES string of the molecule is Cc1cnc(C)n1C1=CNCN1. The molecule has 2 rings (SSSR count). The molecule has 1 aliphatic heterocycles. The van der Waals surface area contributed by atoms with Crippen molar-refractivity contribution < 1.29 is 0 Å². The number of aromatic nitrogens is 2. The largest absolute Gasteiger partial charge is 0.371 e. The van der Waals surface area contributed by atoms with Gasteiger partial charge >= 0.3 is 0 Å². The minimum Gasteiger partial charge on any atom is -0.371 e. The van der Waals surface area contributed by atoms with E-state index < -0.39 is 0 Å². The highest BCUT2D eigenvalue weighted by atomic mass is 15.3. The van der Waals surface area contributed by atoms with Gasteiger partial charge in [0.1, 0.15) is 11.6 Å². The summed E-state index contributed by atoms with van der Waals surface area (Å²) in [7, 11) is 0. The molecule has 0 aliphatic carbocycles. The molecule has 0 saturated carbocycles. The third-order valence-corrected chi connectivity index (χ3v) is 1.97. The first kappa shape index (κ1) is 7.21. The van der Waals surface area contributed by atoms with E-state index in [0.29, 0.717) is 0 Å². The topological polar surface area (TPSA) is 41.9 Å². The highest BCUT2D eigenvalue weighted by molar-refractivity contribution is 5.47. The van der Waals surface area contributed by atoms with Crippen LogP contribution in [-0.2, 0) is 0 Å². The minimum atomic E-state index is 0.798. The van der Waals surface area contributed by atoms with Crippen LogP contribution < -0.4 is 10.6 Å². The van der Waals surface area contributed by atoms with Crippen molar-refractivity contribution in [2.24, 2.45) is 0 Å². The second kappa shape index (κ2) is 2.55. The first-order chi connectivity index (χ1) is 5.79. The van der Waals surface area contributed by atoms with Crippen LogP contribution in [0.5, 0.6) is 0 Å². The van der Waals surface area contributed by atoms with E-state index in [1.165, 1.54) is 0 Å². The summed E-state index contributed by atoms with van der Waals surface area (Å²) < 4.78 is 2.08. The monoisotopic (exact) mass is 164 g/mol. The van der Waals surface area contributed by atoms with E-state index in [1.54, 1.807) is 0 Å². The van der Waals surface area contributed by atoms with Crippen LogP contribution >= 0.6 is 0 Å². The number of hydrogen-bond donors (Lipinski definition) is 2. The number of nitrogens with one attached hydrogen (secondary N) is 2. The van der Waals surface area contributed by atoms with Crippen molar-refractivity contribution in [1.29, 1.82) is 0 Å². The molecule has 1 aromatic rings. The van der Waals surface area contributed by atoms with Crippen molar-refractivity contribution >= 4 is 5.82 Å². The van der Waals surface area contributed by atoms with Gasteiger partial charge in [0, 0.05) is 18.1 Å². The molecule has 0 spiro atoms. The fraction of sp³-hybridized carbons (Fsp3) is 0.375. The molecule has 64 valence electrons. The Kier molecular flexibility index (Phi) is 1.53. The molecular weight excluding hydrogens is 152 g/mol. The molecule has 0 bridgehead atoms. The molecule has 12 heavy (non-hydrogen) atoms. The van der Waals surface area contributed by atoms with Gasteiger partial charge < -0.3 is 10.6 Å². The summed E-state index contributed by atoms with van der Waals surface area (Å²) in [4.78, 5) is 4.22. The molecule has 0 fully saturated rings. The van der Waals surface area contributed by atoms with Crippen LogP contribution in [0.3, 0.4) is 0 Å². The molecule has 0 aromatic carbocycles. The maximum Gasteiger partial charge on any atom is 0.129 e. The third kappa shape index (κ3) is 0.958. The van der Waals surface area contributed by atoms with Crippen LogP contribution in [-0.4, -0.2) is 16.2 Å². The van der Waals surface area contributed by atoms with Gasteiger partial charge in [-0.15, -0.1) is 0 Å². The average molecular weight is 164 g/mol. The van der Waals surface area contributed by atoms with E-state index in [1.807, 2.05) is 26.2 Å². The maximum absolute atomic E-state index is 4.22. The first-order valence-corrected chi connectivity index (χ1v) is 3.98. The van der Waals surface area contributed by atoms with Crippen molar-refractivity contribution in [1.82, 2.24) is 20.2 Å². The number of hydrogen-bond acceptors (Lipinski definition) is 3. The van der Waals surface area contributed by atoms with E-state index in [9.17, 15) is 0 Å². The van der Waals surface area contributed by atoms with Crippen molar-refractivity contribution in [3.63, 3.8) is 0 Å². The molecule has 0 radical (unpaired) electrons. The van der Waals surface area contributed by atoms with Crippen LogP contribution in [0.1, 0.15) is 11.5 Å². The van der Waals surface area contributed by atoms with Gasteiger partial charge in [-0.1, -0.05) is 0 Å². The summed E-state index contributed by atoms with van der Waals surface area (Å²) in [5.74, 6) is 2.08. The number of rotatable bonds is 1. The summed E-state index contributed by atoms with van der Waals surface area (Å²) in [6, 6.07) is 0. The second-order valence-electron chi connectivity index (χ2n) is 2.87. The van der Waals surface area contributed by atoms with E-state index in [4.69, 9.17) is 0 Å². The van der Waals surface area contributed by atoms with Crippen LogP contribution in [0.25, 0.3) is 5.82 Å². The smallest absolute Gasteiger partial charge is 0.129 e. The van der Waals surface area contributed by atoms with Crippen LogP contribution in [0.15, 0.2) is 12.4 Å². The van der Waals surface area contributed by atoms with E-state index in [0.717, 1.165) is 24.0 Å².